The van der Waals surface area contributed by atoms with E-state index in [2.05, 4.69) is 24.0 Å². The van der Waals surface area contributed by atoms with Crippen LogP contribution >= 0.6 is 0 Å². The summed E-state index contributed by atoms with van der Waals surface area (Å²) in [5.41, 5.74) is 2.00. The highest BCUT2D eigenvalue weighted by molar-refractivity contribution is 5.37. The molecule has 0 aromatic heterocycles. The maximum absolute atomic E-state index is 9.10. The van der Waals surface area contributed by atoms with E-state index in [4.69, 9.17) is 5.26 Å². The monoisotopic (exact) mass is 228 g/mol. The zero-order valence-corrected chi connectivity index (χ0v) is 10.5. The van der Waals surface area contributed by atoms with Crippen LogP contribution in [0.3, 0.4) is 0 Å². The van der Waals surface area contributed by atoms with Crippen LogP contribution < -0.4 is 0 Å². The minimum absolute atomic E-state index is 0.704. The predicted octanol–water partition coefficient (Wildman–Crippen LogP) is 3.32. The lowest BCUT2D eigenvalue weighted by Gasteiger charge is -2.35. The molecule has 0 saturated carbocycles. The first-order valence-electron chi connectivity index (χ1n) is 6.57. The van der Waals surface area contributed by atoms with Crippen molar-refractivity contribution in [3.63, 3.8) is 0 Å². The number of likely N-dealkylation sites (tertiary alicyclic amines) is 1. The molecule has 1 fully saturated rings. The third-order valence-corrected chi connectivity index (χ3v) is 3.73. The van der Waals surface area contributed by atoms with Crippen LogP contribution in [0.25, 0.3) is 0 Å². The van der Waals surface area contributed by atoms with E-state index in [0.717, 1.165) is 12.1 Å². The summed E-state index contributed by atoms with van der Waals surface area (Å²) in [5, 5.41) is 9.10. The highest BCUT2D eigenvalue weighted by Gasteiger charge is 2.21. The van der Waals surface area contributed by atoms with Crippen LogP contribution in [0.15, 0.2) is 24.3 Å². The van der Waals surface area contributed by atoms with E-state index in [-0.39, 0.29) is 0 Å². The van der Waals surface area contributed by atoms with Gasteiger partial charge < -0.3 is 0 Å². The first-order chi connectivity index (χ1) is 8.35. The molecular weight excluding hydrogens is 208 g/mol. The van der Waals surface area contributed by atoms with Gasteiger partial charge in [0, 0.05) is 12.6 Å². The lowest BCUT2D eigenvalue weighted by Crippen LogP contribution is -2.38. The second-order valence-corrected chi connectivity index (χ2v) is 4.80. The first-order valence-corrected chi connectivity index (χ1v) is 6.57. The molecule has 2 nitrogen and oxygen atoms in total. The van der Waals surface area contributed by atoms with Crippen molar-refractivity contribution in [1.29, 1.82) is 5.26 Å². The van der Waals surface area contributed by atoms with Gasteiger partial charge in [0.25, 0.3) is 0 Å². The molecule has 1 atom stereocenters. The third kappa shape index (κ3) is 2.87. The van der Waals surface area contributed by atoms with Gasteiger partial charge in [-0.3, -0.25) is 4.90 Å². The molecule has 1 aromatic rings. The van der Waals surface area contributed by atoms with E-state index in [1.165, 1.54) is 37.8 Å². The van der Waals surface area contributed by atoms with Gasteiger partial charge >= 0.3 is 0 Å². The van der Waals surface area contributed by atoms with Crippen LogP contribution in [0.1, 0.15) is 43.7 Å². The van der Waals surface area contributed by atoms with Gasteiger partial charge in [0.1, 0.15) is 0 Å². The number of piperidine rings is 1. The molecule has 90 valence electrons. The summed E-state index contributed by atoms with van der Waals surface area (Å²) in [5.74, 6) is 0. The highest BCUT2D eigenvalue weighted by Crippen LogP contribution is 2.22. The smallest absolute Gasteiger partial charge is 0.0995 e. The fraction of sp³-hybridized carbons (Fsp3) is 0.533. The van der Waals surface area contributed by atoms with Crippen molar-refractivity contribution >= 4 is 0 Å². The normalized spacial score (nSPS) is 21.1. The molecule has 2 heteroatoms. The molecule has 0 amide bonds. The number of hydrogen-bond acceptors (Lipinski definition) is 2. The van der Waals surface area contributed by atoms with Gasteiger partial charge in [-0.1, -0.05) is 31.5 Å². The van der Waals surface area contributed by atoms with Gasteiger partial charge in [0.15, 0.2) is 0 Å². The molecule has 0 bridgehead atoms. The summed E-state index contributed by atoms with van der Waals surface area (Å²) in [7, 11) is 0. The van der Waals surface area contributed by atoms with Crippen molar-refractivity contribution in [3.8, 4) is 6.07 Å². The van der Waals surface area contributed by atoms with Crippen molar-refractivity contribution in [1.82, 2.24) is 4.90 Å². The topological polar surface area (TPSA) is 27.0 Å². The maximum atomic E-state index is 9.10. The van der Waals surface area contributed by atoms with Crippen LogP contribution in [0.2, 0.25) is 0 Å². The first kappa shape index (κ1) is 12.1. The van der Waals surface area contributed by atoms with Crippen molar-refractivity contribution in [2.45, 2.75) is 45.2 Å². The minimum atomic E-state index is 0.704. The lowest BCUT2D eigenvalue weighted by molar-refractivity contribution is 0.136. The predicted molar refractivity (Wildman–Crippen MR) is 69.5 cm³/mol. The Morgan fingerprint density at radius 3 is 2.94 bits per heavy atom. The van der Waals surface area contributed by atoms with Gasteiger partial charge in [-0.05, 0) is 37.4 Å². The standard InChI is InChI=1S/C15H20N2/c1-2-15-9-5-6-10-17(15)12-14-8-4-3-7-13(14)11-16/h3-4,7-8,15H,2,5-6,9-10,12H2,1H3/t15-/m0/s1. The Kier molecular flexibility index (Phi) is 4.17. The Balaban J connectivity index is 2.11. The summed E-state index contributed by atoms with van der Waals surface area (Å²) in [4.78, 5) is 2.54. The fourth-order valence-corrected chi connectivity index (χ4v) is 2.72. The van der Waals surface area contributed by atoms with E-state index in [1.807, 2.05) is 18.2 Å². The lowest BCUT2D eigenvalue weighted by atomic mass is 9.98. The Bertz CT molecular complexity index is 406. The van der Waals surface area contributed by atoms with E-state index in [0.29, 0.717) is 6.04 Å². The van der Waals surface area contributed by atoms with E-state index in [9.17, 15) is 0 Å². The van der Waals surface area contributed by atoms with Crippen molar-refractivity contribution in [3.05, 3.63) is 35.4 Å². The highest BCUT2D eigenvalue weighted by atomic mass is 15.2. The molecule has 0 aliphatic carbocycles. The van der Waals surface area contributed by atoms with Gasteiger partial charge in [0.05, 0.1) is 11.6 Å². The summed E-state index contributed by atoms with van der Waals surface area (Å²) in [6.07, 6.45) is 5.18. The van der Waals surface area contributed by atoms with Gasteiger partial charge in [0.2, 0.25) is 0 Å². The van der Waals surface area contributed by atoms with Crippen LogP contribution in [-0.4, -0.2) is 17.5 Å². The second kappa shape index (κ2) is 5.84. The van der Waals surface area contributed by atoms with E-state index < -0.39 is 0 Å². The van der Waals surface area contributed by atoms with E-state index in [1.54, 1.807) is 0 Å². The zero-order valence-electron chi connectivity index (χ0n) is 10.5. The van der Waals surface area contributed by atoms with Crippen LogP contribution in [0, 0.1) is 11.3 Å². The second-order valence-electron chi connectivity index (χ2n) is 4.80. The molecule has 1 aliphatic rings. The average molecular weight is 228 g/mol. The molecule has 0 N–H and O–H groups in total. The fourth-order valence-electron chi connectivity index (χ4n) is 2.72. The Morgan fingerprint density at radius 2 is 2.18 bits per heavy atom. The quantitative estimate of drug-likeness (QED) is 0.793. The summed E-state index contributed by atoms with van der Waals surface area (Å²) in [6, 6.07) is 11.0. The third-order valence-electron chi connectivity index (χ3n) is 3.73. The molecule has 1 heterocycles. The molecule has 0 spiro atoms. The van der Waals surface area contributed by atoms with Gasteiger partial charge in [-0.25, -0.2) is 0 Å². The molecule has 2 rings (SSSR count). The molecule has 1 saturated heterocycles. The maximum Gasteiger partial charge on any atom is 0.0995 e. The number of nitriles is 1. The molecule has 1 aliphatic heterocycles. The Morgan fingerprint density at radius 1 is 1.35 bits per heavy atom. The number of benzene rings is 1. The number of nitrogens with zero attached hydrogens (tertiary/aromatic N) is 2. The minimum Gasteiger partial charge on any atom is -0.296 e. The average Bonchev–Trinajstić information content (AvgIpc) is 2.40. The largest absolute Gasteiger partial charge is 0.296 e. The van der Waals surface area contributed by atoms with Crippen LogP contribution in [-0.2, 0) is 6.54 Å². The summed E-state index contributed by atoms with van der Waals surface area (Å²) < 4.78 is 0. The van der Waals surface area contributed by atoms with Gasteiger partial charge in [-0.15, -0.1) is 0 Å². The van der Waals surface area contributed by atoms with Crippen LogP contribution in [0.5, 0.6) is 0 Å². The number of rotatable bonds is 3. The summed E-state index contributed by atoms with van der Waals surface area (Å²) in [6.45, 7) is 4.37. The molecule has 0 unspecified atom stereocenters. The Labute approximate surface area is 104 Å². The number of hydrogen-bond donors (Lipinski definition) is 0. The summed E-state index contributed by atoms with van der Waals surface area (Å²) >= 11 is 0. The molecular formula is C15H20N2. The molecule has 0 radical (unpaired) electrons. The Hall–Kier alpha value is -1.33. The van der Waals surface area contributed by atoms with Crippen LogP contribution in [0.4, 0.5) is 0 Å². The van der Waals surface area contributed by atoms with Crippen molar-refractivity contribution < 1.29 is 0 Å². The van der Waals surface area contributed by atoms with Gasteiger partial charge in [-0.2, -0.15) is 5.26 Å². The zero-order chi connectivity index (χ0) is 12.1. The SMILES string of the molecule is CC[C@H]1CCCCN1Cc1ccccc1C#N. The van der Waals surface area contributed by atoms with E-state index >= 15 is 0 Å². The van der Waals surface area contributed by atoms with Crippen molar-refractivity contribution in [2.24, 2.45) is 0 Å². The molecule has 17 heavy (non-hydrogen) atoms. The molecule has 1 aromatic carbocycles. The van der Waals surface area contributed by atoms with Crippen molar-refractivity contribution in [2.75, 3.05) is 6.54 Å².